The Balaban J connectivity index is 1.59. The van der Waals surface area contributed by atoms with Crippen LogP contribution in [0.4, 0.5) is 0 Å². The van der Waals surface area contributed by atoms with Gasteiger partial charge in [0, 0.05) is 25.1 Å². The maximum Gasteiger partial charge on any atom is 0.335 e. The smallest absolute Gasteiger partial charge is 0.335 e. The quantitative estimate of drug-likeness (QED) is 0.323. The Labute approximate surface area is 218 Å². The number of carbonyl (C=O) groups excluding carboxylic acids is 1. The second kappa shape index (κ2) is 12.2. The van der Waals surface area contributed by atoms with E-state index in [4.69, 9.17) is 9.53 Å². The fraction of sp³-hybridized carbons (Fsp3) is 0.533. The van der Waals surface area contributed by atoms with Gasteiger partial charge in [-0.15, -0.1) is 0 Å². The Kier molecular flexibility index (Phi) is 9.53. The van der Waals surface area contributed by atoms with Gasteiger partial charge < -0.3 is 14.4 Å². The van der Waals surface area contributed by atoms with Crippen molar-refractivity contribution in [1.82, 2.24) is 4.90 Å². The van der Waals surface area contributed by atoms with Crippen LogP contribution < -0.4 is 0 Å². The van der Waals surface area contributed by atoms with Gasteiger partial charge in [-0.1, -0.05) is 63.2 Å². The van der Waals surface area contributed by atoms with Gasteiger partial charge in [0.05, 0.1) is 5.56 Å². The van der Waals surface area contributed by atoms with Crippen molar-refractivity contribution in [3.8, 4) is 0 Å². The third kappa shape index (κ3) is 7.78. The van der Waals surface area contributed by atoms with Gasteiger partial charge in [-0.3, -0.25) is 4.79 Å². The summed E-state index contributed by atoms with van der Waals surface area (Å²) in [5.41, 5.74) is 2.71. The number of aryl methyl sites for hydroxylation is 1. The lowest BCUT2D eigenvalue weighted by Crippen LogP contribution is -2.45. The summed E-state index contributed by atoms with van der Waals surface area (Å²) >= 11 is 0. The number of rotatable bonds is 12. The highest BCUT2D eigenvalue weighted by atomic mass is 28.4. The van der Waals surface area contributed by atoms with Crippen LogP contribution in [-0.2, 0) is 22.1 Å². The van der Waals surface area contributed by atoms with E-state index in [-0.39, 0.29) is 23.1 Å². The number of amides is 1. The third-order valence-electron chi connectivity index (χ3n) is 7.91. The highest BCUT2D eigenvalue weighted by Crippen LogP contribution is 2.38. The summed E-state index contributed by atoms with van der Waals surface area (Å²) in [5.74, 6) is -0.652. The molecule has 0 radical (unpaired) electrons. The monoisotopic (exact) mass is 509 g/mol. The predicted molar refractivity (Wildman–Crippen MR) is 148 cm³/mol. The van der Waals surface area contributed by atoms with Crippen molar-refractivity contribution in [2.45, 2.75) is 96.0 Å². The van der Waals surface area contributed by atoms with Crippen LogP contribution in [0.25, 0.3) is 0 Å². The standard InChI is InChI=1S/C30H43NO4Si/c1-30(2,3)36(4,5)35-27(22-24-10-7-6-8-11-24)19-17-26-18-20-28(32)31(26)21-9-12-23-13-15-25(16-14-23)29(33)34/h6-8,10-11,13-16,26-27H,9,12,17-22H2,1-5H3,(H,33,34). The lowest BCUT2D eigenvalue weighted by atomic mass is 10.0. The molecule has 3 rings (SSSR count). The van der Waals surface area contributed by atoms with E-state index in [9.17, 15) is 9.59 Å². The van der Waals surface area contributed by atoms with E-state index < -0.39 is 14.3 Å². The minimum absolute atomic E-state index is 0.151. The highest BCUT2D eigenvalue weighted by molar-refractivity contribution is 6.74. The molecule has 0 aromatic heterocycles. The first-order valence-corrected chi connectivity index (χ1v) is 16.2. The van der Waals surface area contributed by atoms with Gasteiger partial charge in [0.2, 0.25) is 5.91 Å². The summed E-state index contributed by atoms with van der Waals surface area (Å²) in [6, 6.07) is 17.9. The molecule has 36 heavy (non-hydrogen) atoms. The molecule has 0 spiro atoms. The zero-order chi connectivity index (χ0) is 26.3. The van der Waals surface area contributed by atoms with E-state index in [0.717, 1.165) is 50.6 Å². The number of carboxylic acid groups (broad SMARTS) is 1. The molecule has 0 saturated carbocycles. The van der Waals surface area contributed by atoms with Gasteiger partial charge in [0.15, 0.2) is 8.32 Å². The Morgan fingerprint density at radius 2 is 1.75 bits per heavy atom. The molecule has 0 bridgehead atoms. The molecule has 1 saturated heterocycles. The van der Waals surface area contributed by atoms with E-state index in [2.05, 4.69) is 69.1 Å². The number of aromatic carboxylic acids is 1. The number of carboxylic acids is 1. The Hall–Kier alpha value is -2.44. The van der Waals surface area contributed by atoms with Crippen molar-refractivity contribution in [2.75, 3.05) is 6.54 Å². The molecule has 1 aliphatic rings. The second-order valence-corrected chi connectivity index (χ2v) is 16.4. The first-order chi connectivity index (χ1) is 17.0. The van der Waals surface area contributed by atoms with E-state index in [1.165, 1.54) is 5.56 Å². The van der Waals surface area contributed by atoms with Gasteiger partial charge in [0.1, 0.15) is 0 Å². The fourth-order valence-electron chi connectivity index (χ4n) is 4.72. The van der Waals surface area contributed by atoms with Crippen molar-refractivity contribution in [2.24, 2.45) is 0 Å². The van der Waals surface area contributed by atoms with Gasteiger partial charge in [0.25, 0.3) is 0 Å². The number of likely N-dealkylation sites (tertiary alicyclic amines) is 1. The molecule has 2 aromatic carbocycles. The van der Waals surface area contributed by atoms with E-state index in [1.54, 1.807) is 12.1 Å². The predicted octanol–water partition coefficient (Wildman–Crippen LogP) is 6.72. The number of hydrogen-bond acceptors (Lipinski definition) is 3. The SMILES string of the molecule is CC(C)(C)[Si](C)(C)OC(CCC1CCC(=O)N1CCCc1ccc(C(=O)O)cc1)Cc1ccccc1. The van der Waals surface area contributed by atoms with Crippen LogP contribution in [0.5, 0.6) is 0 Å². The van der Waals surface area contributed by atoms with Gasteiger partial charge in [-0.2, -0.15) is 0 Å². The van der Waals surface area contributed by atoms with E-state index in [1.807, 2.05) is 12.1 Å². The van der Waals surface area contributed by atoms with Crippen LogP contribution in [0.15, 0.2) is 54.6 Å². The minimum Gasteiger partial charge on any atom is -0.478 e. The summed E-state index contributed by atoms with van der Waals surface area (Å²) in [7, 11) is -1.92. The van der Waals surface area contributed by atoms with Gasteiger partial charge in [-0.25, -0.2) is 4.79 Å². The number of nitrogens with zero attached hydrogens (tertiary/aromatic N) is 1. The molecular weight excluding hydrogens is 466 g/mol. The van der Waals surface area contributed by atoms with Crippen LogP contribution in [0, 0.1) is 0 Å². The Morgan fingerprint density at radius 1 is 1.08 bits per heavy atom. The Morgan fingerprint density at radius 3 is 2.36 bits per heavy atom. The Bertz CT molecular complexity index is 998. The average molecular weight is 510 g/mol. The molecule has 6 heteroatoms. The molecule has 1 aliphatic heterocycles. The van der Waals surface area contributed by atoms with Crippen molar-refractivity contribution >= 4 is 20.2 Å². The zero-order valence-electron chi connectivity index (χ0n) is 22.6. The van der Waals surface area contributed by atoms with Crippen LogP contribution >= 0.6 is 0 Å². The van der Waals surface area contributed by atoms with Crippen molar-refractivity contribution in [3.63, 3.8) is 0 Å². The van der Waals surface area contributed by atoms with E-state index >= 15 is 0 Å². The maximum absolute atomic E-state index is 12.7. The first-order valence-electron chi connectivity index (χ1n) is 13.3. The summed E-state index contributed by atoms with van der Waals surface area (Å²) < 4.78 is 6.89. The van der Waals surface area contributed by atoms with Crippen LogP contribution in [-0.4, -0.2) is 48.9 Å². The van der Waals surface area contributed by atoms with Crippen LogP contribution in [0.1, 0.15) is 74.4 Å². The number of benzene rings is 2. The van der Waals surface area contributed by atoms with Crippen molar-refractivity contribution in [3.05, 3.63) is 71.3 Å². The molecule has 1 N–H and O–H groups in total. The van der Waals surface area contributed by atoms with Gasteiger partial charge >= 0.3 is 5.97 Å². The summed E-state index contributed by atoms with van der Waals surface area (Å²) in [6.07, 6.45) is 6.23. The topological polar surface area (TPSA) is 66.8 Å². The molecule has 2 atom stereocenters. The lowest BCUT2D eigenvalue weighted by Gasteiger charge is -2.40. The zero-order valence-corrected chi connectivity index (χ0v) is 23.6. The fourth-order valence-corrected chi connectivity index (χ4v) is 6.11. The number of carbonyl (C=O) groups is 2. The van der Waals surface area contributed by atoms with Crippen LogP contribution in [0.3, 0.4) is 0 Å². The molecule has 5 nitrogen and oxygen atoms in total. The summed E-state index contributed by atoms with van der Waals surface area (Å²) in [4.78, 5) is 25.8. The third-order valence-corrected chi connectivity index (χ3v) is 12.4. The number of hydrogen-bond donors (Lipinski definition) is 1. The molecule has 1 heterocycles. The molecule has 2 aromatic rings. The molecule has 196 valence electrons. The van der Waals surface area contributed by atoms with Crippen LogP contribution in [0.2, 0.25) is 18.1 Å². The largest absolute Gasteiger partial charge is 0.478 e. The maximum atomic E-state index is 12.7. The second-order valence-electron chi connectivity index (χ2n) is 11.7. The molecule has 2 unspecified atom stereocenters. The van der Waals surface area contributed by atoms with Gasteiger partial charge in [-0.05, 0) is 79.9 Å². The summed E-state index contributed by atoms with van der Waals surface area (Å²) in [6.45, 7) is 12.2. The lowest BCUT2D eigenvalue weighted by molar-refractivity contribution is -0.129. The molecule has 0 aliphatic carbocycles. The molecule has 1 fully saturated rings. The minimum atomic E-state index is -1.92. The highest BCUT2D eigenvalue weighted by Gasteiger charge is 2.39. The van der Waals surface area contributed by atoms with Crippen molar-refractivity contribution < 1.29 is 19.1 Å². The average Bonchev–Trinajstić information content (AvgIpc) is 3.17. The summed E-state index contributed by atoms with van der Waals surface area (Å²) in [5, 5.41) is 9.23. The molecule has 1 amide bonds. The van der Waals surface area contributed by atoms with E-state index in [0.29, 0.717) is 12.0 Å². The normalized spacial score (nSPS) is 17.4. The molecular formula is C30H43NO4Si. The van der Waals surface area contributed by atoms with Crippen molar-refractivity contribution in [1.29, 1.82) is 0 Å². The first kappa shape index (κ1) is 28.1.